The molecule has 1 N–H and O–H groups in total. The normalized spacial score (nSPS) is 21.8. The fourth-order valence-corrected chi connectivity index (χ4v) is 1.38. The van der Waals surface area contributed by atoms with Gasteiger partial charge >= 0.3 is 0 Å². The maximum Gasteiger partial charge on any atom is 0.246 e. The molecule has 1 aliphatic heterocycles. The van der Waals surface area contributed by atoms with Crippen LogP contribution in [0.15, 0.2) is 24.3 Å². The molecule has 1 saturated heterocycles. The first kappa shape index (κ1) is 9.15. The molecule has 1 heterocycles. The number of carbonyl (C=O) groups excluding carboxylic acids is 1. The number of halogens is 1. The van der Waals surface area contributed by atoms with Crippen molar-refractivity contribution < 1.29 is 13.9 Å². The van der Waals surface area contributed by atoms with Gasteiger partial charge in [-0.2, -0.15) is 0 Å². The van der Waals surface area contributed by atoms with Gasteiger partial charge in [-0.3, -0.25) is 4.79 Å². The Hall–Kier alpha value is -1.42. The Balaban J connectivity index is 2.08. The number of morpholine rings is 1. The van der Waals surface area contributed by atoms with E-state index in [2.05, 4.69) is 5.32 Å². The van der Waals surface area contributed by atoms with Crippen LogP contribution in [-0.4, -0.2) is 19.1 Å². The van der Waals surface area contributed by atoms with Crippen molar-refractivity contribution in [1.82, 2.24) is 5.32 Å². The van der Waals surface area contributed by atoms with Crippen molar-refractivity contribution in [2.75, 3.05) is 13.2 Å². The number of hydrogen-bond acceptors (Lipinski definition) is 2. The zero-order valence-electron chi connectivity index (χ0n) is 7.50. The summed E-state index contributed by atoms with van der Waals surface area (Å²) in [6, 6.07) is 6.10. The highest BCUT2D eigenvalue weighted by Crippen LogP contribution is 2.18. The molecule has 4 heteroatoms. The van der Waals surface area contributed by atoms with Gasteiger partial charge in [0, 0.05) is 6.54 Å². The second-order valence-electron chi connectivity index (χ2n) is 3.16. The van der Waals surface area contributed by atoms with E-state index in [1.807, 2.05) is 0 Å². The second kappa shape index (κ2) is 3.75. The SMILES string of the molecule is O=C1CO[C@H](c2ccc(F)cc2)CN1. The molecule has 0 spiro atoms. The fraction of sp³-hybridized carbons (Fsp3) is 0.300. The van der Waals surface area contributed by atoms with Gasteiger partial charge in [-0.1, -0.05) is 12.1 Å². The first-order valence-electron chi connectivity index (χ1n) is 4.39. The van der Waals surface area contributed by atoms with Gasteiger partial charge in [0.2, 0.25) is 5.91 Å². The van der Waals surface area contributed by atoms with Crippen molar-refractivity contribution in [3.63, 3.8) is 0 Å². The molecule has 0 radical (unpaired) electrons. The molecule has 3 nitrogen and oxygen atoms in total. The van der Waals surface area contributed by atoms with Crippen molar-refractivity contribution in [3.05, 3.63) is 35.6 Å². The second-order valence-corrected chi connectivity index (χ2v) is 3.16. The highest BCUT2D eigenvalue weighted by Gasteiger charge is 2.19. The molecule has 74 valence electrons. The zero-order chi connectivity index (χ0) is 9.97. The number of hydrogen-bond donors (Lipinski definition) is 1. The lowest BCUT2D eigenvalue weighted by Gasteiger charge is -2.23. The third kappa shape index (κ3) is 1.90. The number of nitrogens with one attached hydrogen (secondary N) is 1. The van der Waals surface area contributed by atoms with Crippen LogP contribution in [0.3, 0.4) is 0 Å². The first-order valence-corrected chi connectivity index (χ1v) is 4.39. The molecule has 0 unspecified atom stereocenters. The monoisotopic (exact) mass is 195 g/mol. The molecule has 0 saturated carbocycles. The Bertz CT molecular complexity index is 326. The van der Waals surface area contributed by atoms with Crippen LogP contribution >= 0.6 is 0 Å². The van der Waals surface area contributed by atoms with Crippen LogP contribution < -0.4 is 5.32 Å². The van der Waals surface area contributed by atoms with Gasteiger partial charge in [-0.15, -0.1) is 0 Å². The zero-order valence-corrected chi connectivity index (χ0v) is 7.50. The van der Waals surface area contributed by atoms with E-state index >= 15 is 0 Å². The predicted molar refractivity (Wildman–Crippen MR) is 48.1 cm³/mol. The summed E-state index contributed by atoms with van der Waals surface area (Å²) in [6.45, 7) is 0.520. The molecule has 0 aromatic heterocycles. The van der Waals surface area contributed by atoms with Crippen LogP contribution in [0.25, 0.3) is 0 Å². The minimum Gasteiger partial charge on any atom is -0.362 e. The van der Waals surface area contributed by atoms with Gasteiger partial charge in [0.05, 0.1) is 0 Å². The van der Waals surface area contributed by atoms with E-state index in [9.17, 15) is 9.18 Å². The van der Waals surface area contributed by atoms with E-state index < -0.39 is 0 Å². The van der Waals surface area contributed by atoms with E-state index in [0.717, 1.165) is 5.56 Å². The van der Waals surface area contributed by atoms with Crippen molar-refractivity contribution in [3.8, 4) is 0 Å². The van der Waals surface area contributed by atoms with E-state index in [1.54, 1.807) is 12.1 Å². The number of benzene rings is 1. The van der Waals surface area contributed by atoms with E-state index in [1.165, 1.54) is 12.1 Å². The Morgan fingerprint density at radius 1 is 1.36 bits per heavy atom. The summed E-state index contributed by atoms with van der Waals surface area (Å²) in [5, 5.41) is 2.69. The lowest BCUT2D eigenvalue weighted by Crippen LogP contribution is -2.38. The highest BCUT2D eigenvalue weighted by molar-refractivity contribution is 5.77. The minimum absolute atomic E-state index is 0.0715. The smallest absolute Gasteiger partial charge is 0.246 e. The van der Waals surface area contributed by atoms with E-state index in [0.29, 0.717) is 6.54 Å². The lowest BCUT2D eigenvalue weighted by atomic mass is 10.1. The van der Waals surface area contributed by atoms with Gasteiger partial charge in [-0.05, 0) is 17.7 Å². The number of amides is 1. The molecule has 1 aliphatic rings. The maximum absolute atomic E-state index is 12.6. The Morgan fingerprint density at radius 3 is 2.64 bits per heavy atom. The fourth-order valence-electron chi connectivity index (χ4n) is 1.38. The molecule has 0 bridgehead atoms. The van der Waals surface area contributed by atoms with Crippen molar-refractivity contribution in [2.45, 2.75) is 6.10 Å². The number of carbonyl (C=O) groups is 1. The molecule has 2 rings (SSSR count). The van der Waals surface area contributed by atoms with Crippen LogP contribution in [0.1, 0.15) is 11.7 Å². The Labute approximate surface area is 80.9 Å². The number of ether oxygens (including phenoxy) is 1. The van der Waals surface area contributed by atoms with Gasteiger partial charge in [-0.25, -0.2) is 4.39 Å². The summed E-state index contributed by atoms with van der Waals surface area (Å²) in [5.41, 5.74) is 0.881. The molecule has 1 fully saturated rings. The summed E-state index contributed by atoms with van der Waals surface area (Å²) < 4.78 is 17.9. The molecular formula is C10H10FNO2. The van der Waals surface area contributed by atoms with Crippen LogP contribution in [-0.2, 0) is 9.53 Å². The minimum atomic E-state index is -0.270. The maximum atomic E-state index is 12.6. The van der Waals surface area contributed by atoms with Crippen molar-refractivity contribution in [1.29, 1.82) is 0 Å². The third-order valence-corrected chi connectivity index (χ3v) is 2.14. The summed E-state index contributed by atoms with van der Waals surface area (Å²) in [7, 11) is 0. The summed E-state index contributed by atoms with van der Waals surface area (Å²) in [5.74, 6) is -0.378. The summed E-state index contributed by atoms with van der Waals surface area (Å²) in [4.78, 5) is 10.8. The average Bonchev–Trinajstić information content (AvgIpc) is 2.21. The summed E-state index contributed by atoms with van der Waals surface area (Å²) in [6.07, 6.45) is -0.159. The lowest BCUT2D eigenvalue weighted by molar-refractivity contribution is -0.133. The van der Waals surface area contributed by atoms with E-state index in [-0.39, 0.29) is 24.4 Å². The van der Waals surface area contributed by atoms with E-state index in [4.69, 9.17) is 4.74 Å². The van der Waals surface area contributed by atoms with Crippen molar-refractivity contribution >= 4 is 5.91 Å². The highest BCUT2D eigenvalue weighted by atomic mass is 19.1. The topological polar surface area (TPSA) is 38.3 Å². The van der Waals surface area contributed by atoms with Crippen molar-refractivity contribution in [2.24, 2.45) is 0 Å². The average molecular weight is 195 g/mol. The number of rotatable bonds is 1. The quantitative estimate of drug-likeness (QED) is 0.726. The molecule has 0 aliphatic carbocycles. The van der Waals surface area contributed by atoms with Crippen LogP contribution in [0, 0.1) is 5.82 Å². The third-order valence-electron chi connectivity index (χ3n) is 2.14. The Kier molecular flexibility index (Phi) is 2.45. The molecule has 1 atom stereocenters. The Morgan fingerprint density at radius 2 is 2.07 bits per heavy atom. The molecule has 1 aromatic carbocycles. The predicted octanol–water partition coefficient (Wildman–Crippen LogP) is 1.01. The van der Waals surface area contributed by atoms with Crippen LogP contribution in [0.4, 0.5) is 4.39 Å². The first-order chi connectivity index (χ1) is 6.75. The van der Waals surface area contributed by atoms with Gasteiger partial charge in [0.25, 0.3) is 0 Å². The van der Waals surface area contributed by atoms with Gasteiger partial charge in [0.1, 0.15) is 18.5 Å². The molecule has 1 amide bonds. The standard InChI is InChI=1S/C10H10FNO2/c11-8-3-1-7(2-4-8)9-5-12-10(13)6-14-9/h1-4,9H,5-6H2,(H,12,13)/t9-/m0/s1. The molecule has 1 aromatic rings. The van der Waals surface area contributed by atoms with Gasteiger partial charge in [0.15, 0.2) is 0 Å². The summed E-state index contributed by atoms with van der Waals surface area (Å²) >= 11 is 0. The molecule has 14 heavy (non-hydrogen) atoms. The van der Waals surface area contributed by atoms with Crippen LogP contribution in [0.5, 0.6) is 0 Å². The van der Waals surface area contributed by atoms with Crippen LogP contribution in [0.2, 0.25) is 0 Å². The largest absolute Gasteiger partial charge is 0.362 e. The molecular weight excluding hydrogens is 185 g/mol. The van der Waals surface area contributed by atoms with Gasteiger partial charge < -0.3 is 10.1 Å².